The molecule has 1 aromatic heterocycles. The molecule has 28 heavy (non-hydrogen) atoms. The predicted octanol–water partition coefficient (Wildman–Crippen LogP) is 4.75. The summed E-state index contributed by atoms with van der Waals surface area (Å²) >= 11 is 6.26. The van der Waals surface area contributed by atoms with Crippen LogP contribution in [0.3, 0.4) is 0 Å². The molecular formula is C21H17ClFN3O2. The Labute approximate surface area is 166 Å². The Morgan fingerprint density at radius 2 is 2.04 bits per heavy atom. The van der Waals surface area contributed by atoms with Crippen LogP contribution in [0.1, 0.15) is 12.5 Å². The third kappa shape index (κ3) is 4.56. The first-order valence-electron chi connectivity index (χ1n) is 8.68. The number of rotatable bonds is 6. The fraction of sp³-hybridized carbons (Fsp3) is 0.190. The number of carbonyl (C=O) groups excluding carboxylic acids is 1. The molecule has 0 aliphatic rings. The molecule has 0 fully saturated rings. The van der Waals surface area contributed by atoms with Gasteiger partial charge in [-0.3, -0.25) is 4.79 Å². The maximum atomic E-state index is 13.0. The van der Waals surface area contributed by atoms with Gasteiger partial charge in [-0.2, -0.15) is 5.26 Å². The van der Waals surface area contributed by atoms with Gasteiger partial charge in [0.05, 0.1) is 18.2 Å². The Kier molecular flexibility index (Phi) is 6.07. The molecule has 0 spiro atoms. The van der Waals surface area contributed by atoms with E-state index in [9.17, 15) is 14.4 Å². The topological polar surface area (TPSA) is 75.0 Å². The number of nitrogens with one attached hydrogen (secondary N) is 1. The standard InChI is InChI=1S/C21H17ClFN3O2/c1-2-28-18-7-8-19-13(11-18)9-14(20(22)26-19)10-15(12-24)21(27)25-17-5-3-16(23)4-6-17/h3-9,11,15H,2,10H2,1H3,(H,25,27)/t15-/m1/s1. The smallest absolute Gasteiger partial charge is 0.242 e. The van der Waals surface area contributed by atoms with Crippen molar-refractivity contribution >= 4 is 34.1 Å². The van der Waals surface area contributed by atoms with Crippen LogP contribution >= 0.6 is 11.6 Å². The van der Waals surface area contributed by atoms with E-state index in [1.807, 2.05) is 31.2 Å². The van der Waals surface area contributed by atoms with E-state index in [0.717, 1.165) is 5.39 Å². The lowest BCUT2D eigenvalue weighted by Crippen LogP contribution is -2.23. The van der Waals surface area contributed by atoms with Crippen LogP contribution in [0.5, 0.6) is 5.75 Å². The quantitative estimate of drug-likeness (QED) is 0.609. The number of aromatic nitrogens is 1. The van der Waals surface area contributed by atoms with E-state index in [1.165, 1.54) is 24.3 Å². The Morgan fingerprint density at radius 3 is 2.71 bits per heavy atom. The molecule has 1 heterocycles. The number of hydrogen-bond donors (Lipinski definition) is 1. The second-order valence-electron chi connectivity index (χ2n) is 6.11. The highest BCUT2D eigenvalue weighted by Gasteiger charge is 2.21. The van der Waals surface area contributed by atoms with Gasteiger partial charge in [0.25, 0.3) is 0 Å². The predicted molar refractivity (Wildman–Crippen MR) is 106 cm³/mol. The molecule has 0 aliphatic heterocycles. The van der Waals surface area contributed by atoms with Crippen molar-refractivity contribution in [1.29, 1.82) is 5.26 Å². The molecule has 0 unspecified atom stereocenters. The number of carbonyl (C=O) groups is 1. The van der Waals surface area contributed by atoms with Gasteiger partial charge >= 0.3 is 0 Å². The minimum absolute atomic E-state index is 0.101. The summed E-state index contributed by atoms with van der Waals surface area (Å²) in [5.41, 5.74) is 1.70. The zero-order valence-corrected chi connectivity index (χ0v) is 15.8. The number of nitrogens with zero attached hydrogens (tertiary/aromatic N) is 2. The maximum absolute atomic E-state index is 13.0. The van der Waals surface area contributed by atoms with Gasteiger partial charge in [-0.05, 0) is 61.0 Å². The Hall–Kier alpha value is -3.17. The number of amides is 1. The summed E-state index contributed by atoms with van der Waals surface area (Å²) in [6.45, 7) is 2.44. The number of anilines is 1. The van der Waals surface area contributed by atoms with Gasteiger partial charge in [0.1, 0.15) is 22.6 Å². The summed E-state index contributed by atoms with van der Waals surface area (Å²) in [5, 5.41) is 13.1. The molecule has 0 saturated carbocycles. The van der Waals surface area contributed by atoms with E-state index in [-0.39, 0.29) is 11.6 Å². The van der Waals surface area contributed by atoms with Gasteiger partial charge in [0.2, 0.25) is 5.91 Å². The first kappa shape index (κ1) is 19.6. The molecule has 3 rings (SSSR count). The molecule has 5 nitrogen and oxygen atoms in total. The molecule has 0 bridgehead atoms. The van der Waals surface area contributed by atoms with Crippen LogP contribution in [0.25, 0.3) is 10.9 Å². The number of nitriles is 1. The van der Waals surface area contributed by atoms with E-state index in [2.05, 4.69) is 10.3 Å². The zero-order valence-electron chi connectivity index (χ0n) is 15.1. The number of fused-ring (bicyclic) bond motifs is 1. The number of benzene rings is 2. The fourth-order valence-electron chi connectivity index (χ4n) is 2.75. The third-order valence-electron chi connectivity index (χ3n) is 4.13. The van der Waals surface area contributed by atoms with Gasteiger partial charge in [-0.15, -0.1) is 0 Å². The first-order valence-corrected chi connectivity index (χ1v) is 9.06. The molecule has 142 valence electrons. The largest absolute Gasteiger partial charge is 0.494 e. The minimum atomic E-state index is -0.975. The summed E-state index contributed by atoms with van der Waals surface area (Å²) in [6.07, 6.45) is 0.101. The lowest BCUT2D eigenvalue weighted by molar-refractivity contribution is -0.118. The van der Waals surface area contributed by atoms with Crippen molar-refractivity contribution in [3.8, 4) is 11.8 Å². The van der Waals surface area contributed by atoms with Crippen molar-refractivity contribution in [2.24, 2.45) is 5.92 Å². The molecule has 0 aliphatic carbocycles. The molecule has 2 aromatic carbocycles. The van der Waals surface area contributed by atoms with Crippen molar-refractivity contribution in [1.82, 2.24) is 4.98 Å². The highest BCUT2D eigenvalue weighted by atomic mass is 35.5. The highest BCUT2D eigenvalue weighted by molar-refractivity contribution is 6.30. The lowest BCUT2D eigenvalue weighted by Gasteiger charge is -2.12. The first-order chi connectivity index (χ1) is 13.5. The van der Waals surface area contributed by atoms with Crippen LogP contribution in [0.15, 0.2) is 48.5 Å². The van der Waals surface area contributed by atoms with Crippen LogP contribution in [0, 0.1) is 23.1 Å². The second kappa shape index (κ2) is 8.68. The molecule has 1 N–H and O–H groups in total. The van der Waals surface area contributed by atoms with Crippen LogP contribution in [0.4, 0.5) is 10.1 Å². The summed E-state index contributed by atoms with van der Waals surface area (Å²) in [5.74, 6) is -1.17. The fourth-order valence-corrected chi connectivity index (χ4v) is 2.98. The Balaban J connectivity index is 1.82. The number of hydrogen-bond acceptors (Lipinski definition) is 4. The van der Waals surface area contributed by atoms with E-state index in [1.54, 1.807) is 6.07 Å². The number of ether oxygens (including phenoxy) is 1. The van der Waals surface area contributed by atoms with Crippen LogP contribution in [-0.4, -0.2) is 17.5 Å². The van der Waals surface area contributed by atoms with E-state index in [4.69, 9.17) is 16.3 Å². The van der Waals surface area contributed by atoms with E-state index >= 15 is 0 Å². The SMILES string of the molecule is CCOc1ccc2nc(Cl)c(C[C@H](C#N)C(=O)Nc3ccc(F)cc3)cc2c1. The number of pyridine rings is 1. The summed E-state index contributed by atoms with van der Waals surface area (Å²) in [4.78, 5) is 16.8. The van der Waals surface area contributed by atoms with Gasteiger partial charge in [0.15, 0.2) is 0 Å². The summed E-state index contributed by atoms with van der Waals surface area (Å²) < 4.78 is 18.5. The highest BCUT2D eigenvalue weighted by Crippen LogP contribution is 2.26. The van der Waals surface area contributed by atoms with Crippen LogP contribution in [0.2, 0.25) is 5.15 Å². The molecule has 0 saturated heterocycles. The van der Waals surface area contributed by atoms with Crippen molar-refractivity contribution in [3.05, 3.63) is 65.1 Å². The molecular weight excluding hydrogens is 381 g/mol. The maximum Gasteiger partial charge on any atom is 0.242 e. The van der Waals surface area contributed by atoms with Gasteiger partial charge in [-0.25, -0.2) is 9.37 Å². The molecule has 3 aromatic rings. The Morgan fingerprint density at radius 1 is 1.29 bits per heavy atom. The van der Waals surface area contributed by atoms with Crippen molar-refractivity contribution < 1.29 is 13.9 Å². The average molecular weight is 398 g/mol. The zero-order chi connectivity index (χ0) is 20.1. The van der Waals surface area contributed by atoms with Crippen LogP contribution in [-0.2, 0) is 11.2 Å². The molecule has 1 amide bonds. The lowest BCUT2D eigenvalue weighted by atomic mass is 9.99. The van der Waals surface area contributed by atoms with Gasteiger partial charge in [-0.1, -0.05) is 11.6 Å². The summed E-state index contributed by atoms with van der Waals surface area (Å²) in [7, 11) is 0. The van der Waals surface area contributed by atoms with Gasteiger partial charge < -0.3 is 10.1 Å². The van der Waals surface area contributed by atoms with Crippen LogP contribution < -0.4 is 10.1 Å². The van der Waals surface area contributed by atoms with Crippen molar-refractivity contribution in [3.63, 3.8) is 0 Å². The molecule has 7 heteroatoms. The van der Waals surface area contributed by atoms with Gasteiger partial charge in [0, 0.05) is 17.5 Å². The summed E-state index contributed by atoms with van der Waals surface area (Å²) in [6, 6.07) is 14.6. The molecule has 1 atom stereocenters. The number of halogens is 2. The molecule has 0 radical (unpaired) electrons. The minimum Gasteiger partial charge on any atom is -0.494 e. The van der Waals surface area contributed by atoms with E-state index in [0.29, 0.717) is 29.1 Å². The van der Waals surface area contributed by atoms with E-state index < -0.39 is 17.6 Å². The van der Waals surface area contributed by atoms with Crippen molar-refractivity contribution in [2.45, 2.75) is 13.3 Å². The monoisotopic (exact) mass is 397 g/mol. The normalized spacial score (nSPS) is 11.6. The third-order valence-corrected chi connectivity index (χ3v) is 4.46. The second-order valence-corrected chi connectivity index (χ2v) is 6.47. The van der Waals surface area contributed by atoms with Crippen molar-refractivity contribution in [2.75, 3.05) is 11.9 Å². The Bertz CT molecular complexity index is 1050. The average Bonchev–Trinajstić information content (AvgIpc) is 2.68.